The molecule has 0 radical (unpaired) electrons. The van der Waals surface area contributed by atoms with Crippen LogP contribution in [-0.4, -0.2) is 5.78 Å². The Balaban J connectivity index is 1.66. The van der Waals surface area contributed by atoms with Crippen molar-refractivity contribution >= 4 is 23.6 Å². The minimum absolute atomic E-state index is 0.0542. The number of carbonyl (C=O) groups excluding carboxylic acids is 1. The summed E-state index contributed by atoms with van der Waals surface area (Å²) in [7, 11) is 0. The molecule has 0 N–H and O–H groups in total. The number of ketones is 1. The van der Waals surface area contributed by atoms with E-state index in [9.17, 15) is 13.6 Å². The van der Waals surface area contributed by atoms with Gasteiger partial charge in [-0.3, -0.25) is 4.79 Å². The van der Waals surface area contributed by atoms with Crippen molar-refractivity contribution in [2.75, 3.05) is 0 Å². The molecule has 0 saturated heterocycles. The number of hydrogen-bond donors (Lipinski definition) is 0. The molecule has 118 valence electrons. The van der Waals surface area contributed by atoms with E-state index in [1.165, 1.54) is 23.9 Å². The average molecular weight is 340 g/mol. The Morgan fingerprint density at radius 1 is 0.958 bits per heavy atom. The summed E-state index contributed by atoms with van der Waals surface area (Å²) in [4.78, 5) is 13.8. The fourth-order valence-corrected chi connectivity index (χ4v) is 3.56. The molecular weight excluding hydrogens is 330 g/mol. The van der Waals surface area contributed by atoms with E-state index in [1.807, 2.05) is 18.2 Å². The van der Waals surface area contributed by atoms with E-state index in [4.69, 9.17) is 4.42 Å². The number of thioether (sulfide) groups is 1. The number of hydrogen-bond acceptors (Lipinski definition) is 3. The van der Waals surface area contributed by atoms with Crippen LogP contribution in [0.3, 0.4) is 0 Å². The van der Waals surface area contributed by atoms with Crippen molar-refractivity contribution in [2.45, 2.75) is 4.90 Å². The summed E-state index contributed by atoms with van der Waals surface area (Å²) in [6.07, 6.45) is 1.64. The van der Waals surface area contributed by atoms with Crippen LogP contribution >= 0.6 is 11.8 Å². The molecular formula is C19H10F2O2S. The number of fused-ring (bicyclic) bond motifs is 1. The van der Waals surface area contributed by atoms with Gasteiger partial charge in [0.25, 0.3) is 0 Å². The molecule has 0 unspecified atom stereocenters. The van der Waals surface area contributed by atoms with Gasteiger partial charge >= 0.3 is 0 Å². The highest BCUT2D eigenvalue weighted by Crippen LogP contribution is 2.41. The minimum Gasteiger partial charge on any atom is -0.457 e. The van der Waals surface area contributed by atoms with E-state index in [0.29, 0.717) is 16.2 Å². The van der Waals surface area contributed by atoms with Gasteiger partial charge in [0.1, 0.15) is 23.2 Å². The zero-order valence-corrected chi connectivity index (χ0v) is 13.1. The van der Waals surface area contributed by atoms with E-state index in [0.717, 1.165) is 11.0 Å². The highest BCUT2D eigenvalue weighted by molar-refractivity contribution is 8.04. The molecule has 3 aromatic rings. The van der Waals surface area contributed by atoms with Crippen LogP contribution < -0.4 is 0 Å². The maximum absolute atomic E-state index is 13.8. The molecule has 2 nitrogen and oxygen atoms in total. The molecule has 0 atom stereocenters. The Morgan fingerprint density at radius 3 is 2.58 bits per heavy atom. The molecule has 2 heterocycles. The number of allylic oxidation sites excluding steroid dienone is 1. The minimum atomic E-state index is -0.692. The second-order valence-electron chi connectivity index (χ2n) is 5.26. The van der Waals surface area contributed by atoms with E-state index >= 15 is 0 Å². The zero-order chi connectivity index (χ0) is 16.7. The maximum atomic E-state index is 13.8. The van der Waals surface area contributed by atoms with Crippen molar-refractivity contribution in [3.8, 4) is 11.3 Å². The molecule has 0 bridgehead atoms. The summed E-state index contributed by atoms with van der Waals surface area (Å²) in [6.45, 7) is 0. The normalized spacial score (nSPS) is 15.1. The highest BCUT2D eigenvalue weighted by Gasteiger charge is 2.25. The molecule has 1 aromatic heterocycles. The summed E-state index contributed by atoms with van der Waals surface area (Å²) in [5.41, 5.74) is 0.847. The zero-order valence-electron chi connectivity index (χ0n) is 12.3. The maximum Gasteiger partial charge on any atom is 0.200 e. The highest BCUT2D eigenvalue weighted by atomic mass is 32.2. The Morgan fingerprint density at radius 2 is 1.79 bits per heavy atom. The second kappa shape index (κ2) is 5.76. The quantitative estimate of drug-likeness (QED) is 0.573. The fourth-order valence-electron chi connectivity index (χ4n) is 2.53. The van der Waals surface area contributed by atoms with Gasteiger partial charge in [0.15, 0.2) is 0 Å². The number of carbonyl (C=O) groups is 1. The van der Waals surface area contributed by atoms with Gasteiger partial charge in [0.2, 0.25) is 5.78 Å². The number of benzene rings is 2. The SMILES string of the molecule is O=C1/C(=C\c2ccc(-c3ccc(F)cc3F)o2)Sc2ccccc21. The van der Waals surface area contributed by atoms with E-state index < -0.39 is 11.6 Å². The van der Waals surface area contributed by atoms with E-state index in [2.05, 4.69) is 0 Å². The lowest BCUT2D eigenvalue weighted by Gasteiger charge is -1.99. The lowest BCUT2D eigenvalue weighted by molar-refractivity contribution is 0.104. The van der Waals surface area contributed by atoms with Gasteiger partial charge in [0.05, 0.1) is 10.5 Å². The van der Waals surface area contributed by atoms with Crippen LogP contribution in [0.5, 0.6) is 0 Å². The predicted octanol–water partition coefficient (Wildman–Crippen LogP) is 5.55. The van der Waals surface area contributed by atoms with E-state index in [1.54, 1.807) is 24.3 Å². The van der Waals surface area contributed by atoms with Crippen LogP contribution in [0.4, 0.5) is 8.78 Å². The first-order valence-electron chi connectivity index (χ1n) is 7.20. The van der Waals surface area contributed by atoms with Crippen LogP contribution in [0.2, 0.25) is 0 Å². The topological polar surface area (TPSA) is 30.2 Å². The van der Waals surface area contributed by atoms with Crippen LogP contribution in [0, 0.1) is 11.6 Å². The third-order valence-corrected chi connectivity index (χ3v) is 4.77. The summed E-state index contributed by atoms with van der Waals surface area (Å²) < 4.78 is 32.4. The standard InChI is InChI=1S/C19H10F2O2S/c20-11-5-7-13(15(21)9-11)16-8-6-12(23-16)10-18-19(22)14-3-1-2-4-17(14)24-18/h1-10H/b18-10+. The predicted molar refractivity (Wildman–Crippen MR) is 88.7 cm³/mol. The van der Waals surface area contributed by atoms with Crippen molar-refractivity contribution in [3.05, 3.63) is 82.5 Å². The first kappa shape index (κ1) is 14.9. The molecule has 0 fully saturated rings. The van der Waals surface area contributed by atoms with Gasteiger partial charge in [-0.1, -0.05) is 23.9 Å². The largest absolute Gasteiger partial charge is 0.457 e. The molecule has 1 aliphatic rings. The molecule has 4 rings (SSSR count). The first-order chi connectivity index (χ1) is 11.6. The van der Waals surface area contributed by atoms with Gasteiger partial charge in [-0.25, -0.2) is 8.78 Å². The molecule has 0 spiro atoms. The van der Waals surface area contributed by atoms with Gasteiger partial charge in [-0.2, -0.15) is 0 Å². The van der Waals surface area contributed by atoms with Crippen molar-refractivity contribution in [1.29, 1.82) is 0 Å². The number of furan rings is 1. The lowest BCUT2D eigenvalue weighted by atomic mass is 10.1. The van der Waals surface area contributed by atoms with Gasteiger partial charge in [-0.05, 0) is 42.5 Å². The second-order valence-corrected chi connectivity index (χ2v) is 6.35. The van der Waals surface area contributed by atoms with E-state index in [-0.39, 0.29) is 17.1 Å². The molecule has 0 aliphatic carbocycles. The Hall–Kier alpha value is -2.66. The fraction of sp³-hybridized carbons (Fsp3) is 0. The lowest BCUT2D eigenvalue weighted by Crippen LogP contribution is -1.93. The van der Waals surface area contributed by atoms with Crippen molar-refractivity contribution < 1.29 is 18.0 Å². The smallest absolute Gasteiger partial charge is 0.200 e. The molecule has 0 saturated carbocycles. The van der Waals surface area contributed by atoms with Crippen LogP contribution in [0.15, 0.2) is 68.8 Å². The summed E-state index contributed by atoms with van der Waals surface area (Å²) in [5, 5.41) is 0. The van der Waals surface area contributed by atoms with Gasteiger partial charge in [-0.15, -0.1) is 0 Å². The number of rotatable bonds is 2. The van der Waals surface area contributed by atoms with Crippen molar-refractivity contribution in [1.82, 2.24) is 0 Å². The molecule has 2 aromatic carbocycles. The van der Waals surface area contributed by atoms with Crippen molar-refractivity contribution in [2.24, 2.45) is 0 Å². The molecule has 5 heteroatoms. The Labute approximate surface area is 140 Å². The Bertz CT molecular complexity index is 989. The molecule has 0 amide bonds. The number of halogens is 2. The van der Waals surface area contributed by atoms with Gasteiger partial charge in [0, 0.05) is 16.5 Å². The number of Topliss-reactive ketones (excluding diaryl/α,β-unsaturated/α-hetero) is 1. The third-order valence-electron chi connectivity index (χ3n) is 3.67. The first-order valence-corrected chi connectivity index (χ1v) is 8.02. The summed E-state index contributed by atoms with van der Waals surface area (Å²) in [5.74, 6) is -0.663. The van der Waals surface area contributed by atoms with Crippen LogP contribution in [0.25, 0.3) is 17.4 Å². The van der Waals surface area contributed by atoms with Crippen LogP contribution in [-0.2, 0) is 0 Å². The van der Waals surface area contributed by atoms with Gasteiger partial charge < -0.3 is 4.42 Å². The van der Waals surface area contributed by atoms with Crippen LogP contribution in [0.1, 0.15) is 16.1 Å². The Kier molecular flexibility index (Phi) is 3.58. The molecule has 1 aliphatic heterocycles. The summed E-state index contributed by atoms with van der Waals surface area (Å²) >= 11 is 1.38. The van der Waals surface area contributed by atoms with Crippen molar-refractivity contribution in [3.63, 3.8) is 0 Å². The average Bonchev–Trinajstić information content (AvgIpc) is 3.14. The monoisotopic (exact) mass is 340 g/mol. The molecule has 24 heavy (non-hydrogen) atoms. The summed E-state index contributed by atoms with van der Waals surface area (Å²) in [6, 6.07) is 13.9. The third kappa shape index (κ3) is 2.57.